The fraction of sp³-hybridized carbons (Fsp3) is 0.233. The van der Waals surface area contributed by atoms with Crippen LogP contribution in [0.15, 0.2) is 77.8 Å². The van der Waals surface area contributed by atoms with Gasteiger partial charge in [-0.3, -0.25) is 14.5 Å². The Bertz CT molecular complexity index is 1480. The van der Waals surface area contributed by atoms with Gasteiger partial charge < -0.3 is 10.1 Å². The topological polar surface area (TPSA) is 76.5 Å². The smallest absolute Gasteiger partial charge is 0.248 e. The number of nitrogens with one attached hydrogen (secondary N) is 1. The van der Waals surface area contributed by atoms with Crippen LogP contribution in [0.25, 0.3) is 5.69 Å². The molecular formula is C30H30N4O3S. The van der Waals surface area contributed by atoms with E-state index in [9.17, 15) is 9.59 Å². The molecule has 4 aromatic rings. The lowest BCUT2D eigenvalue weighted by Crippen LogP contribution is -2.44. The normalized spacial score (nSPS) is 15.1. The molecule has 1 aliphatic heterocycles. The van der Waals surface area contributed by atoms with Crippen LogP contribution in [-0.2, 0) is 16.1 Å². The standard InChI is InChI=1S/C30H30N4O3S/c1-19-14-20(2)16-24(15-19)33-26(35)18-38-30-27(21(3)32-34(30)23-11-6-5-7-12-23)28(33)29(36)31-17-22-10-8-9-13-25(22)37-4/h5-16,28H,17-18H2,1-4H3,(H,31,36). The Morgan fingerprint density at radius 1 is 1.00 bits per heavy atom. The Morgan fingerprint density at radius 3 is 2.39 bits per heavy atom. The molecule has 0 saturated carbocycles. The molecule has 2 heterocycles. The Morgan fingerprint density at radius 2 is 1.68 bits per heavy atom. The van der Waals surface area contributed by atoms with Crippen LogP contribution in [0, 0.1) is 20.8 Å². The molecule has 7 nitrogen and oxygen atoms in total. The van der Waals surface area contributed by atoms with Gasteiger partial charge in [0.2, 0.25) is 11.8 Å². The second kappa shape index (κ2) is 10.8. The monoisotopic (exact) mass is 526 g/mol. The van der Waals surface area contributed by atoms with Crippen LogP contribution in [0.2, 0.25) is 0 Å². The molecule has 1 N–H and O–H groups in total. The predicted octanol–water partition coefficient (Wildman–Crippen LogP) is 5.30. The van der Waals surface area contributed by atoms with Crippen LogP contribution in [0.5, 0.6) is 5.75 Å². The molecule has 1 aliphatic rings. The van der Waals surface area contributed by atoms with Crippen molar-refractivity contribution in [2.45, 2.75) is 38.4 Å². The maximum absolute atomic E-state index is 14.1. The average Bonchev–Trinajstić information content (AvgIpc) is 3.15. The Labute approximate surface area is 226 Å². The molecule has 1 unspecified atom stereocenters. The summed E-state index contributed by atoms with van der Waals surface area (Å²) in [6.07, 6.45) is 0. The number of nitrogens with zero attached hydrogens (tertiary/aromatic N) is 3. The van der Waals surface area contributed by atoms with E-state index in [0.717, 1.165) is 33.0 Å². The van der Waals surface area contributed by atoms with Gasteiger partial charge in [0.25, 0.3) is 0 Å². The second-order valence-corrected chi connectivity index (χ2v) is 10.3. The highest BCUT2D eigenvalue weighted by molar-refractivity contribution is 8.00. The minimum atomic E-state index is -0.888. The van der Waals surface area contributed by atoms with Crippen molar-refractivity contribution >= 4 is 29.3 Å². The molecule has 2 amide bonds. The van der Waals surface area contributed by atoms with Crippen LogP contribution in [-0.4, -0.2) is 34.5 Å². The largest absolute Gasteiger partial charge is 0.496 e. The summed E-state index contributed by atoms with van der Waals surface area (Å²) in [5, 5.41) is 8.70. The molecule has 1 aromatic heterocycles. The SMILES string of the molecule is COc1ccccc1CNC(=O)C1c2c(C)nn(-c3ccccc3)c2SCC(=O)N1c1cc(C)cc(C)c1. The van der Waals surface area contributed by atoms with Gasteiger partial charge in [0.15, 0.2) is 0 Å². The van der Waals surface area contributed by atoms with Crippen LogP contribution in [0.3, 0.4) is 0 Å². The van der Waals surface area contributed by atoms with Crippen molar-refractivity contribution in [1.82, 2.24) is 15.1 Å². The summed E-state index contributed by atoms with van der Waals surface area (Å²) >= 11 is 1.42. The van der Waals surface area contributed by atoms with Crippen molar-refractivity contribution in [1.29, 1.82) is 0 Å². The predicted molar refractivity (Wildman–Crippen MR) is 150 cm³/mol. The lowest BCUT2D eigenvalue weighted by molar-refractivity contribution is -0.126. The number of rotatable bonds is 6. The maximum atomic E-state index is 14.1. The van der Waals surface area contributed by atoms with E-state index < -0.39 is 6.04 Å². The molecule has 38 heavy (non-hydrogen) atoms. The number of amides is 2. The number of fused-ring (bicyclic) bond motifs is 1. The number of ether oxygens (including phenoxy) is 1. The van der Waals surface area contributed by atoms with E-state index in [4.69, 9.17) is 9.84 Å². The van der Waals surface area contributed by atoms with Crippen molar-refractivity contribution in [2.75, 3.05) is 17.8 Å². The van der Waals surface area contributed by atoms with E-state index in [-0.39, 0.29) is 24.1 Å². The summed E-state index contributed by atoms with van der Waals surface area (Å²) in [4.78, 5) is 29.5. The van der Waals surface area contributed by atoms with Crippen molar-refractivity contribution in [2.24, 2.45) is 0 Å². The van der Waals surface area contributed by atoms with Crippen molar-refractivity contribution in [3.05, 3.63) is 101 Å². The van der Waals surface area contributed by atoms with E-state index in [1.54, 1.807) is 12.0 Å². The Hall–Kier alpha value is -4.04. The van der Waals surface area contributed by atoms with Crippen LogP contribution >= 0.6 is 11.8 Å². The zero-order chi connectivity index (χ0) is 26.8. The molecule has 5 rings (SSSR count). The van der Waals surface area contributed by atoms with E-state index >= 15 is 0 Å². The molecule has 0 bridgehead atoms. The third-order valence-electron chi connectivity index (χ3n) is 6.57. The van der Waals surface area contributed by atoms with Crippen LogP contribution in [0.1, 0.15) is 34.0 Å². The van der Waals surface area contributed by atoms with Crippen molar-refractivity contribution in [3.63, 3.8) is 0 Å². The first-order chi connectivity index (χ1) is 18.4. The van der Waals surface area contributed by atoms with Gasteiger partial charge in [-0.25, -0.2) is 4.68 Å². The molecular weight excluding hydrogens is 496 g/mol. The summed E-state index contributed by atoms with van der Waals surface area (Å²) < 4.78 is 7.31. The molecule has 0 aliphatic carbocycles. The minimum absolute atomic E-state index is 0.132. The first-order valence-corrected chi connectivity index (χ1v) is 13.4. The number of hydrogen-bond acceptors (Lipinski definition) is 5. The summed E-state index contributed by atoms with van der Waals surface area (Å²) in [6, 6.07) is 22.4. The van der Waals surface area contributed by atoms with Gasteiger partial charge in [-0.2, -0.15) is 5.10 Å². The molecule has 0 spiro atoms. The first-order valence-electron chi connectivity index (χ1n) is 12.4. The summed E-state index contributed by atoms with van der Waals surface area (Å²) in [6.45, 7) is 6.15. The first kappa shape index (κ1) is 25.6. The highest BCUT2D eigenvalue weighted by atomic mass is 32.2. The zero-order valence-corrected chi connectivity index (χ0v) is 22.7. The maximum Gasteiger partial charge on any atom is 0.248 e. The molecule has 3 aromatic carbocycles. The fourth-order valence-electron chi connectivity index (χ4n) is 4.95. The number of thioether (sulfide) groups is 1. The van der Waals surface area contributed by atoms with Gasteiger partial charge in [0.05, 0.1) is 24.2 Å². The molecule has 0 radical (unpaired) electrons. The highest BCUT2D eigenvalue weighted by Gasteiger charge is 2.40. The quantitative estimate of drug-likeness (QED) is 0.369. The molecule has 8 heteroatoms. The number of aryl methyl sites for hydroxylation is 3. The van der Waals surface area contributed by atoms with Gasteiger partial charge in [-0.1, -0.05) is 54.2 Å². The molecule has 0 saturated heterocycles. The number of carbonyl (C=O) groups excluding carboxylic acids is 2. The van der Waals surface area contributed by atoms with E-state index in [2.05, 4.69) is 11.4 Å². The number of para-hydroxylation sites is 2. The highest BCUT2D eigenvalue weighted by Crippen LogP contribution is 2.41. The third-order valence-corrected chi connectivity index (χ3v) is 7.63. The lowest BCUT2D eigenvalue weighted by Gasteiger charge is -2.30. The number of carbonyl (C=O) groups is 2. The van der Waals surface area contributed by atoms with Gasteiger partial charge in [-0.15, -0.1) is 0 Å². The van der Waals surface area contributed by atoms with Gasteiger partial charge in [0, 0.05) is 23.4 Å². The summed E-state index contributed by atoms with van der Waals surface area (Å²) in [5.74, 6) is 0.476. The number of benzene rings is 3. The van der Waals surface area contributed by atoms with Gasteiger partial charge in [-0.05, 0) is 62.2 Å². The van der Waals surface area contributed by atoms with Crippen LogP contribution < -0.4 is 15.0 Å². The van der Waals surface area contributed by atoms with Crippen molar-refractivity contribution in [3.8, 4) is 11.4 Å². The van der Waals surface area contributed by atoms with E-state index in [1.165, 1.54) is 11.8 Å². The molecule has 1 atom stereocenters. The lowest BCUT2D eigenvalue weighted by atomic mass is 10.0. The number of hydrogen-bond donors (Lipinski definition) is 1. The minimum Gasteiger partial charge on any atom is -0.496 e. The zero-order valence-electron chi connectivity index (χ0n) is 21.9. The summed E-state index contributed by atoms with van der Waals surface area (Å²) in [5.41, 5.74) is 5.92. The molecule has 194 valence electrons. The Balaban J connectivity index is 1.63. The molecule has 0 fully saturated rings. The number of methoxy groups -OCH3 is 1. The van der Waals surface area contributed by atoms with E-state index in [0.29, 0.717) is 17.1 Å². The van der Waals surface area contributed by atoms with Gasteiger partial charge >= 0.3 is 0 Å². The summed E-state index contributed by atoms with van der Waals surface area (Å²) in [7, 11) is 1.61. The number of anilines is 1. The van der Waals surface area contributed by atoms with Gasteiger partial charge in [0.1, 0.15) is 16.8 Å². The van der Waals surface area contributed by atoms with Crippen LogP contribution in [0.4, 0.5) is 5.69 Å². The fourth-order valence-corrected chi connectivity index (χ4v) is 6.03. The number of aromatic nitrogens is 2. The van der Waals surface area contributed by atoms with Crippen molar-refractivity contribution < 1.29 is 14.3 Å². The van der Waals surface area contributed by atoms with E-state index in [1.807, 2.05) is 92.2 Å². The second-order valence-electron chi connectivity index (χ2n) is 9.38. The average molecular weight is 527 g/mol. The Kier molecular flexibility index (Phi) is 7.24. The third kappa shape index (κ3) is 4.91.